The molecule has 0 amide bonds. The molecule has 3 nitrogen and oxygen atoms in total. The summed E-state index contributed by atoms with van der Waals surface area (Å²) in [5.74, 6) is 0.838. The molecule has 1 heterocycles. The second-order valence-corrected chi connectivity index (χ2v) is 4.78. The Morgan fingerprint density at radius 1 is 1.11 bits per heavy atom. The zero-order valence-electron chi connectivity index (χ0n) is 11.9. The molecule has 0 saturated heterocycles. The number of aryl methyl sites for hydroxylation is 1. The van der Waals surface area contributed by atoms with E-state index in [0.29, 0.717) is 0 Å². The molecule has 0 fully saturated rings. The number of hydrogen-bond acceptors (Lipinski definition) is 3. The van der Waals surface area contributed by atoms with Gasteiger partial charge in [0.05, 0.1) is 6.04 Å². The van der Waals surface area contributed by atoms with Gasteiger partial charge in [0, 0.05) is 12.4 Å². The largest absolute Gasteiger partial charge is 0.304 e. The van der Waals surface area contributed by atoms with Gasteiger partial charge in [-0.3, -0.25) is 0 Å². The van der Waals surface area contributed by atoms with Crippen LogP contribution < -0.4 is 5.32 Å². The summed E-state index contributed by atoms with van der Waals surface area (Å²) in [6.07, 6.45) is 4.69. The summed E-state index contributed by atoms with van der Waals surface area (Å²) in [7, 11) is 0. The van der Waals surface area contributed by atoms with E-state index in [-0.39, 0.29) is 6.04 Å². The molecule has 2 rings (SSSR count). The minimum atomic E-state index is 0.0704. The van der Waals surface area contributed by atoms with E-state index in [4.69, 9.17) is 0 Å². The number of aromatic nitrogens is 2. The fraction of sp³-hybridized carbons (Fsp3) is 0.375. The number of nitrogens with one attached hydrogen (secondary N) is 1. The second-order valence-electron chi connectivity index (χ2n) is 4.78. The van der Waals surface area contributed by atoms with Gasteiger partial charge in [-0.2, -0.15) is 0 Å². The van der Waals surface area contributed by atoms with Crippen molar-refractivity contribution in [2.75, 3.05) is 6.54 Å². The third-order valence-electron chi connectivity index (χ3n) is 3.40. The number of rotatable bonds is 5. The quantitative estimate of drug-likeness (QED) is 0.891. The van der Waals surface area contributed by atoms with Crippen LogP contribution in [0, 0.1) is 13.8 Å². The maximum absolute atomic E-state index is 4.41. The molecule has 2 aromatic rings. The topological polar surface area (TPSA) is 37.8 Å². The highest BCUT2D eigenvalue weighted by Crippen LogP contribution is 2.24. The molecule has 100 valence electrons. The molecule has 0 radical (unpaired) electrons. The van der Waals surface area contributed by atoms with E-state index in [1.165, 1.54) is 16.7 Å². The lowest BCUT2D eigenvalue weighted by atomic mass is 9.97. The Kier molecular flexibility index (Phi) is 4.63. The van der Waals surface area contributed by atoms with Gasteiger partial charge in [-0.15, -0.1) is 0 Å². The van der Waals surface area contributed by atoms with Crippen molar-refractivity contribution in [3.05, 3.63) is 59.2 Å². The van der Waals surface area contributed by atoms with Gasteiger partial charge in [-0.25, -0.2) is 9.97 Å². The zero-order chi connectivity index (χ0) is 13.7. The van der Waals surface area contributed by atoms with Crippen LogP contribution in [-0.4, -0.2) is 16.5 Å². The van der Waals surface area contributed by atoms with E-state index in [1.54, 1.807) is 12.4 Å². The van der Waals surface area contributed by atoms with Gasteiger partial charge in [0.1, 0.15) is 5.82 Å². The van der Waals surface area contributed by atoms with E-state index in [1.807, 2.05) is 6.07 Å². The number of hydrogen-bond donors (Lipinski definition) is 1. The first kappa shape index (κ1) is 13.7. The summed E-state index contributed by atoms with van der Waals surface area (Å²) in [6, 6.07) is 8.32. The summed E-state index contributed by atoms with van der Waals surface area (Å²) in [4.78, 5) is 8.81. The number of nitrogens with zero attached hydrogens (tertiary/aromatic N) is 2. The lowest BCUT2D eigenvalue weighted by molar-refractivity contribution is 0.569. The standard InChI is InChI=1S/C16H21N3/c1-4-9-17-15(16-18-10-6-11-19-16)14-8-5-7-12(2)13(14)3/h5-8,10-11,15,17H,4,9H2,1-3H3. The highest BCUT2D eigenvalue weighted by Gasteiger charge is 2.18. The Morgan fingerprint density at radius 2 is 1.84 bits per heavy atom. The summed E-state index contributed by atoms with van der Waals surface area (Å²) in [5, 5.41) is 3.55. The summed E-state index contributed by atoms with van der Waals surface area (Å²) in [5.41, 5.74) is 3.87. The molecule has 3 heteroatoms. The summed E-state index contributed by atoms with van der Waals surface area (Å²) < 4.78 is 0. The highest BCUT2D eigenvalue weighted by molar-refractivity contribution is 5.37. The van der Waals surface area contributed by atoms with Gasteiger partial charge in [-0.1, -0.05) is 25.1 Å². The first-order valence-electron chi connectivity index (χ1n) is 6.80. The zero-order valence-corrected chi connectivity index (χ0v) is 11.9. The molecule has 0 aliphatic carbocycles. The molecular weight excluding hydrogens is 234 g/mol. The van der Waals surface area contributed by atoms with Gasteiger partial charge in [-0.05, 0) is 49.6 Å². The fourth-order valence-electron chi connectivity index (χ4n) is 2.18. The van der Waals surface area contributed by atoms with Gasteiger partial charge >= 0.3 is 0 Å². The Balaban J connectivity index is 2.40. The number of benzene rings is 1. The normalized spacial score (nSPS) is 12.4. The van der Waals surface area contributed by atoms with Crippen LogP contribution in [0.15, 0.2) is 36.7 Å². The molecule has 1 unspecified atom stereocenters. The van der Waals surface area contributed by atoms with Crippen LogP contribution in [0.3, 0.4) is 0 Å². The van der Waals surface area contributed by atoms with E-state index in [2.05, 4.69) is 54.3 Å². The highest BCUT2D eigenvalue weighted by atomic mass is 15.0. The monoisotopic (exact) mass is 255 g/mol. The van der Waals surface area contributed by atoms with Crippen LogP contribution in [0.5, 0.6) is 0 Å². The Bertz CT molecular complexity index is 523. The molecule has 1 aromatic heterocycles. The third-order valence-corrected chi connectivity index (χ3v) is 3.40. The van der Waals surface area contributed by atoms with Gasteiger partial charge in [0.15, 0.2) is 0 Å². The SMILES string of the molecule is CCCNC(c1ncccn1)c1cccc(C)c1C. The maximum Gasteiger partial charge on any atom is 0.149 e. The predicted octanol–water partition coefficient (Wildman–Crippen LogP) is 3.18. The molecular formula is C16H21N3. The maximum atomic E-state index is 4.41. The predicted molar refractivity (Wildman–Crippen MR) is 78.1 cm³/mol. The van der Waals surface area contributed by atoms with E-state index in [9.17, 15) is 0 Å². The van der Waals surface area contributed by atoms with Crippen molar-refractivity contribution in [3.8, 4) is 0 Å². The second kappa shape index (κ2) is 6.43. The van der Waals surface area contributed by atoms with Crippen LogP contribution >= 0.6 is 0 Å². The molecule has 0 bridgehead atoms. The van der Waals surface area contributed by atoms with Crippen molar-refractivity contribution >= 4 is 0 Å². The third kappa shape index (κ3) is 3.18. The van der Waals surface area contributed by atoms with Crippen LogP contribution in [0.2, 0.25) is 0 Å². The van der Waals surface area contributed by atoms with Crippen molar-refractivity contribution in [3.63, 3.8) is 0 Å². The van der Waals surface area contributed by atoms with Gasteiger partial charge in [0.25, 0.3) is 0 Å². The fourth-order valence-corrected chi connectivity index (χ4v) is 2.18. The van der Waals surface area contributed by atoms with Crippen LogP contribution in [0.4, 0.5) is 0 Å². The molecule has 0 aliphatic heterocycles. The molecule has 0 aliphatic rings. The molecule has 19 heavy (non-hydrogen) atoms. The van der Waals surface area contributed by atoms with E-state index in [0.717, 1.165) is 18.8 Å². The van der Waals surface area contributed by atoms with E-state index >= 15 is 0 Å². The minimum absolute atomic E-state index is 0.0704. The van der Waals surface area contributed by atoms with Crippen molar-refractivity contribution in [2.45, 2.75) is 33.2 Å². The Labute approximate surface area is 115 Å². The average molecular weight is 255 g/mol. The van der Waals surface area contributed by atoms with Crippen molar-refractivity contribution < 1.29 is 0 Å². The van der Waals surface area contributed by atoms with Crippen molar-refractivity contribution in [1.29, 1.82) is 0 Å². The molecule has 0 saturated carbocycles. The van der Waals surface area contributed by atoms with Crippen LogP contribution in [0.25, 0.3) is 0 Å². The summed E-state index contributed by atoms with van der Waals surface area (Å²) in [6.45, 7) is 7.42. The first-order valence-corrected chi connectivity index (χ1v) is 6.80. The summed E-state index contributed by atoms with van der Waals surface area (Å²) >= 11 is 0. The Morgan fingerprint density at radius 3 is 2.53 bits per heavy atom. The van der Waals surface area contributed by atoms with Gasteiger partial charge in [0.2, 0.25) is 0 Å². The van der Waals surface area contributed by atoms with Gasteiger partial charge < -0.3 is 5.32 Å². The minimum Gasteiger partial charge on any atom is -0.304 e. The molecule has 1 N–H and O–H groups in total. The van der Waals surface area contributed by atoms with Crippen LogP contribution in [0.1, 0.15) is 41.9 Å². The molecule has 1 atom stereocenters. The lowest BCUT2D eigenvalue weighted by Gasteiger charge is -2.20. The van der Waals surface area contributed by atoms with E-state index < -0.39 is 0 Å². The average Bonchev–Trinajstić information content (AvgIpc) is 2.45. The molecule has 0 spiro atoms. The van der Waals surface area contributed by atoms with Crippen molar-refractivity contribution in [1.82, 2.24) is 15.3 Å². The Hall–Kier alpha value is -1.74. The lowest BCUT2D eigenvalue weighted by Crippen LogP contribution is -2.25. The smallest absolute Gasteiger partial charge is 0.149 e. The molecule has 1 aromatic carbocycles. The first-order chi connectivity index (χ1) is 9.24. The van der Waals surface area contributed by atoms with Crippen molar-refractivity contribution in [2.24, 2.45) is 0 Å². The van der Waals surface area contributed by atoms with Crippen LogP contribution in [-0.2, 0) is 0 Å².